The van der Waals surface area contributed by atoms with Crippen LogP contribution in [0, 0.1) is 5.82 Å². The Balaban J connectivity index is 2.89. The van der Waals surface area contributed by atoms with Crippen molar-refractivity contribution in [1.82, 2.24) is 5.43 Å². The lowest BCUT2D eigenvalue weighted by Crippen LogP contribution is -2.47. The Labute approximate surface area is 115 Å². The molecule has 0 aromatic heterocycles. The van der Waals surface area contributed by atoms with Crippen LogP contribution in [0.25, 0.3) is 0 Å². The largest absolute Gasteiger partial charge is 0.271 e. The van der Waals surface area contributed by atoms with Gasteiger partial charge < -0.3 is 0 Å². The summed E-state index contributed by atoms with van der Waals surface area (Å²) in [6, 6.07) is 4.14. The first kappa shape index (κ1) is 15.6. The van der Waals surface area contributed by atoms with Crippen LogP contribution in [0.5, 0.6) is 0 Å². The molecule has 1 aromatic carbocycles. The Bertz CT molecular complexity index is 522. The van der Waals surface area contributed by atoms with Gasteiger partial charge in [0.05, 0.1) is 9.72 Å². The van der Waals surface area contributed by atoms with Gasteiger partial charge in [0.25, 0.3) is 0 Å². The number of sulfone groups is 1. The maximum absolute atomic E-state index is 13.1. The zero-order chi connectivity index (χ0) is 13.9. The lowest BCUT2D eigenvalue weighted by atomic mass is 10.0. The van der Waals surface area contributed by atoms with Gasteiger partial charge >= 0.3 is 0 Å². The fourth-order valence-corrected chi connectivity index (χ4v) is 2.78. The molecule has 102 valence electrons. The van der Waals surface area contributed by atoms with E-state index in [4.69, 9.17) is 5.84 Å². The Morgan fingerprint density at radius 3 is 2.56 bits per heavy atom. The molecule has 1 aromatic rings. The number of nitrogens with one attached hydrogen (secondary N) is 1. The van der Waals surface area contributed by atoms with Crippen LogP contribution in [-0.2, 0) is 16.3 Å². The number of hydrogen-bond donors (Lipinski definition) is 2. The highest BCUT2D eigenvalue weighted by Crippen LogP contribution is 2.19. The van der Waals surface area contributed by atoms with Gasteiger partial charge in [-0.25, -0.2) is 12.8 Å². The van der Waals surface area contributed by atoms with Crippen molar-refractivity contribution in [3.8, 4) is 0 Å². The maximum atomic E-state index is 13.1. The fraction of sp³-hybridized carbons (Fsp3) is 0.455. The van der Waals surface area contributed by atoms with Gasteiger partial charge in [0, 0.05) is 12.3 Å². The highest BCUT2D eigenvalue weighted by Gasteiger charge is 2.25. The SMILES string of the molecule is CC(C(Cc1ccc(F)c(Br)c1)NN)S(C)(=O)=O. The highest BCUT2D eigenvalue weighted by atomic mass is 79.9. The minimum atomic E-state index is -3.18. The average Bonchev–Trinajstić information content (AvgIpc) is 2.28. The Hall–Kier alpha value is -0.500. The highest BCUT2D eigenvalue weighted by molar-refractivity contribution is 9.10. The third kappa shape index (κ3) is 4.01. The first-order chi connectivity index (χ1) is 8.25. The normalized spacial score (nSPS) is 15.4. The first-order valence-electron chi connectivity index (χ1n) is 5.34. The van der Waals surface area contributed by atoms with E-state index in [-0.39, 0.29) is 5.82 Å². The predicted octanol–water partition coefficient (Wildman–Crippen LogP) is 1.40. The summed E-state index contributed by atoms with van der Waals surface area (Å²) >= 11 is 3.09. The van der Waals surface area contributed by atoms with Gasteiger partial charge in [0.1, 0.15) is 5.82 Å². The quantitative estimate of drug-likeness (QED) is 0.628. The van der Waals surface area contributed by atoms with E-state index >= 15 is 0 Å². The molecule has 0 spiro atoms. The van der Waals surface area contributed by atoms with E-state index in [1.54, 1.807) is 19.1 Å². The standard InChI is InChI=1S/C11H16BrFN2O2S/c1-7(18(2,16)17)11(15-14)6-8-3-4-10(13)9(12)5-8/h3-5,7,11,15H,6,14H2,1-2H3. The Morgan fingerprint density at radius 2 is 2.11 bits per heavy atom. The molecule has 0 fully saturated rings. The van der Waals surface area contributed by atoms with Crippen molar-refractivity contribution in [2.75, 3.05) is 6.26 Å². The molecule has 0 aliphatic carbocycles. The first-order valence-corrected chi connectivity index (χ1v) is 8.09. The molecule has 4 nitrogen and oxygen atoms in total. The van der Waals surface area contributed by atoms with Crippen LogP contribution in [-0.4, -0.2) is 26.0 Å². The zero-order valence-corrected chi connectivity index (χ0v) is 12.6. The van der Waals surface area contributed by atoms with Crippen molar-refractivity contribution in [2.24, 2.45) is 5.84 Å². The topological polar surface area (TPSA) is 72.2 Å². The second kappa shape index (κ2) is 6.10. The monoisotopic (exact) mass is 338 g/mol. The van der Waals surface area contributed by atoms with Crippen LogP contribution in [0.1, 0.15) is 12.5 Å². The summed E-state index contributed by atoms with van der Waals surface area (Å²) in [5.74, 6) is 5.03. The second-order valence-corrected chi connectivity index (χ2v) is 7.52. The van der Waals surface area contributed by atoms with E-state index in [2.05, 4.69) is 21.4 Å². The molecule has 3 N–H and O–H groups in total. The minimum absolute atomic E-state index is 0.350. The van der Waals surface area contributed by atoms with E-state index in [9.17, 15) is 12.8 Å². The minimum Gasteiger partial charge on any atom is -0.271 e. The summed E-state index contributed by atoms with van der Waals surface area (Å²) in [5.41, 5.74) is 3.31. The molecule has 0 aliphatic rings. The third-order valence-electron chi connectivity index (χ3n) is 2.90. The second-order valence-electron chi connectivity index (χ2n) is 4.26. The summed E-state index contributed by atoms with van der Waals surface area (Å²) in [7, 11) is -3.18. The molecule has 0 aliphatic heterocycles. The van der Waals surface area contributed by atoms with Crippen molar-refractivity contribution in [2.45, 2.75) is 24.6 Å². The summed E-state index contributed by atoms with van der Waals surface area (Å²) in [6.07, 6.45) is 1.58. The maximum Gasteiger partial charge on any atom is 0.151 e. The van der Waals surface area contributed by atoms with Crippen molar-refractivity contribution >= 4 is 25.8 Å². The Morgan fingerprint density at radius 1 is 1.50 bits per heavy atom. The molecule has 0 heterocycles. The van der Waals surface area contributed by atoms with Gasteiger partial charge in [0.2, 0.25) is 0 Å². The Kier molecular flexibility index (Phi) is 5.27. The summed E-state index contributed by atoms with van der Waals surface area (Å²) in [5, 5.41) is -0.619. The predicted molar refractivity (Wildman–Crippen MR) is 73.2 cm³/mol. The van der Waals surface area contributed by atoms with Crippen LogP contribution in [0.3, 0.4) is 0 Å². The lowest BCUT2D eigenvalue weighted by molar-refractivity contribution is 0.493. The molecule has 18 heavy (non-hydrogen) atoms. The average molecular weight is 339 g/mol. The van der Waals surface area contributed by atoms with Gasteiger partial charge in [0.15, 0.2) is 9.84 Å². The lowest BCUT2D eigenvalue weighted by Gasteiger charge is -2.22. The van der Waals surface area contributed by atoms with E-state index in [1.807, 2.05) is 0 Å². The molecule has 0 radical (unpaired) electrons. The van der Waals surface area contributed by atoms with Crippen molar-refractivity contribution in [3.05, 3.63) is 34.1 Å². The van der Waals surface area contributed by atoms with Crippen LogP contribution < -0.4 is 11.3 Å². The smallest absolute Gasteiger partial charge is 0.151 e. The molecule has 2 atom stereocenters. The number of hydrogen-bond acceptors (Lipinski definition) is 4. The molecule has 1 rings (SSSR count). The fourth-order valence-electron chi connectivity index (χ4n) is 1.58. The number of halogens is 2. The van der Waals surface area contributed by atoms with Crippen LogP contribution >= 0.6 is 15.9 Å². The number of nitrogens with two attached hydrogens (primary N) is 1. The van der Waals surface area contributed by atoms with Gasteiger partial charge in [-0.3, -0.25) is 11.3 Å². The van der Waals surface area contributed by atoms with Crippen molar-refractivity contribution in [3.63, 3.8) is 0 Å². The summed E-state index contributed by atoms with van der Waals surface area (Å²) < 4.78 is 36.4. The molecule has 0 amide bonds. The van der Waals surface area contributed by atoms with E-state index in [0.29, 0.717) is 10.9 Å². The summed E-state index contributed by atoms with van der Waals surface area (Å²) in [6.45, 7) is 1.60. The van der Waals surface area contributed by atoms with Gasteiger partial charge in [-0.15, -0.1) is 0 Å². The molecular formula is C11H16BrFN2O2S. The van der Waals surface area contributed by atoms with Crippen LogP contribution in [0.2, 0.25) is 0 Å². The molecule has 0 saturated carbocycles. The third-order valence-corrected chi connectivity index (χ3v) is 5.18. The van der Waals surface area contributed by atoms with Crippen LogP contribution in [0.4, 0.5) is 4.39 Å². The van der Waals surface area contributed by atoms with Crippen molar-refractivity contribution in [1.29, 1.82) is 0 Å². The number of rotatable bonds is 5. The molecular weight excluding hydrogens is 323 g/mol. The molecule has 0 saturated heterocycles. The van der Waals surface area contributed by atoms with Crippen molar-refractivity contribution < 1.29 is 12.8 Å². The van der Waals surface area contributed by atoms with E-state index in [1.165, 1.54) is 12.3 Å². The van der Waals surface area contributed by atoms with E-state index in [0.717, 1.165) is 5.56 Å². The molecule has 7 heteroatoms. The van der Waals surface area contributed by atoms with Gasteiger partial charge in [-0.05, 0) is 47.0 Å². The molecule has 2 unspecified atom stereocenters. The van der Waals surface area contributed by atoms with Gasteiger partial charge in [-0.1, -0.05) is 6.07 Å². The number of hydrazine groups is 1. The summed E-state index contributed by atoms with van der Waals surface area (Å²) in [4.78, 5) is 0. The van der Waals surface area contributed by atoms with Crippen LogP contribution in [0.15, 0.2) is 22.7 Å². The number of benzene rings is 1. The zero-order valence-electron chi connectivity index (χ0n) is 10.2. The van der Waals surface area contributed by atoms with Gasteiger partial charge in [-0.2, -0.15) is 0 Å². The van der Waals surface area contributed by atoms with E-state index < -0.39 is 21.1 Å². The molecule has 0 bridgehead atoms.